The molecule has 1 aromatic heterocycles. The lowest BCUT2D eigenvalue weighted by Gasteiger charge is -2.07. The Labute approximate surface area is 118 Å². The molecule has 0 saturated carbocycles. The van der Waals surface area contributed by atoms with Crippen molar-refractivity contribution in [2.45, 2.75) is 11.4 Å². The van der Waals surface area contributed by atoms with Crippen LogP contribution in [0, 0.1) is 5.82 Å². The zero-order valence-electron chi connectivity index (χ0n) is 9.91. The summed E-state index contributed by atoms with van der Waals surface area (Å²) in [6.45, 7) is -0.0866. The van der Waals surface area contributed by atoms with Gasteiger partial charge < -0.3 is 5.11 Å². The number of nitrogens with zero attached hydrogens (tertiary/aromatic N) is 1. The number of benzene rings is 1. The minimum absolute atomic E-state index is 0.0866. The van der Waals surface area contributed by atoms with E-state index < -0.39 is 26.7 Å². The number of hydrogen-bond acceptors (Lipinski definition) is 5. The molecule has 0 atom stereocenters. The quantitative estimate of drug-likeness (QED) is 0.870. The fourth-order valence-electron chi connectivity index (χ4n) is 1.42. The summed E-state index contributed by atoms with van der Waals surface area (Å²) in [6, 6.07) is 2.58. The van der Waals surface area contributed by atoms with Gasteiger partial charge in [-0.25, -0.2) is 27.3 Å². The highest BCUT2D eigenvalue weighted by atomic mass is 32.2. The molecule has 2 rings (SSSR count). The molecule has 20 heavy (non-hydrogen) atoms. The lowest BCUT2D eigenvalue weighted by Crippen LogP contribution is -2.24. The smallest absolute Gasteiger partial charge is 0.335 e. The van der Waals surface area contributed by atoms with Crippen LogP contribution in [0.1, 0.15) is 15.4 Å². The van der Waals surface area contributed by atoms with Gasteiger partial charge in [0.05, 0.1) is 12.1 Å². The van der Waals surface area contributed by atoms with Crippen LogP contribution < -0.4 is 4.72 Å². The normalized spacial score (nSPS) is 11.4. The van der Waals surface area contributed by atoms with E-state index in [1.165, 1.54) is 17.5 Å². The topological polar surface area (TPSA) is 96.4 Å². The fraction of sp³-hybridized carbons (Fsp3) is 0.0909. The van der Waals surface area contributed by atoms with E-state index >= 15 is 0 Å². The molecule has 9 heteroatoms. The summed E-state index contributed by atoms with van der Waals surface area (Å²) < 4.78 is 39.7. The molecule has 0 spiro atoms. The summed E-state index contributed by atoms with van der Waals surface area (Å²) in [5, 5.41) is 11.0. The first kappa shape index (κ1) is 14.6. The van der Waals surface area contributed by atoms with E-state index in [1.54, 1.807) is 5.38 Å². The van der Waals surface area contributed by atoms with Crippen LogP contribution in [0.15, 0.2) is 34.7 Å². The minimum atomic E-state index is -4.14. The van der Waals surface area contributed by atoms with Gasteiger partial charge in [0.15, 0.2) is 0 Å². The van der Waals surface area contributed by atoms with E-state index in [0.29, 0.717) is 5.01 Å². The average Bonchev–Trinajstić information content (AvgIpc) is 2.89. The monoisotopic (exact) mass is 316 g/mol. The van der Waals surface area contributed by atoms with Gasteiger partial charge in [-0.15, -0.1) is 11.3 Å². The van der Waals surface area contributed by atoms with E-state index in [-0.39, 0.29) is 12.1 Å². The number of halogens is 1. The Hall–Kier alpha value is -1.84. The highest BCUT2D eigenvalue weighted by Crippen LogP contribution is 2.17. The van der Waals surface area contributed by atoms with Crippen molar-refractivity contribution in [3.05, 3.63) is 46.2 Å². The largest absolute Gasteiger partial charge is 0.478 e. The molecule has 6 nitrogen and oxygen atoms in total. The van der Waals surface area contributed by atoms with Crippen molar-refractivity contribution in [1.29, 1.82) is 0 Å². The molecule has 0 aliphatic carbocycles. The highest BCUT2D eigenvalue weighted by molar-refractivity contribution is 7.89. The minimum Gasteiger partial charge on any atom is -0.478 e. The van der Waals surface area contributed by atoms with Gasteiger partial charge in [-0.3, -0.25) is 0 Å². The van der Waals surface area contributed by atoms with E-state index in [4.69, 9.17) is 5.11 Å². The molecular formula is C11H9FN2O4S2. The van der Waals surface area contributed by atoms with Gasteiger partial charge in [0, 0.05) is 11.6 Å². The molecule has 0 radical (unpaired) electrons. The molecule has 0 unspecified atom stereocenters. The fourth-order valence-corrected chi connectivity index (χ4v) is 3.15. The number of rotatable bonds is 5. The number of nitrogens with one attached hydrogen (secondary N) is 1. The number of carbonyl (C=O) groups is 1. The lowest BCUT2D eigenvalue weighted by molar-refractivity contribution is 0.0696. The van der Waals surface area contributed by atoms with Crippen LogP contribution in [-0.4, -0.2) is 24.5 Å². The average molecular weight is 316 g/mol. The summed E-state index contributed by atoms with van der Waals surface area (Å²) in [7, 11) is -4.14. The molecule has 0 saturated heterocycles. The molecule has 0 amide bonds. The maximum absolute atomic E-state index is 13.6. The molecular weight excluding hydrogens is 307 g/mol. The SMILES string of the molecule is O=C(O)c1ccc(F)c(S(=O)(=O)NCc2nccs2)c1. The first-order valence-corrected chi connectivity index (χ1v) is 7.67. The Morgan fingerprint density at radius 3 is 2.80 bits per heavy atom. The molecule has 1 heterocycles. The predicted molar refractivity (Wildman–Crippen MR) is 69.5 cm³/mol. The van der Waals surface area contributed by atoms with Crippen molar-refractivity contribution in [1.82, 2.24) is 9.71 Å². The predicted octanol–water partition coefficient (Wildman–Crippen LogP) is 1.46. The van der Waals surface area contributed by atoms with Crippen LogP contribution in [-0.2, 0) is 16.6 Å². The zero-order chi connectivity index (χ0) is 14.8. The summed E-state index contributed by atoms with van der Waals surface area (Å²) in [4.78, 5) is 14.0. The van der Waals surface area contributed by atoms with Crippen LogP contribution in [0.25, 0.3) is 0 Å². The van der Waals surface area contributed by atoms with Crippen LogP contribution in [0.2, 0.25) is 0 Å². The van der Waals surface area contributed by atoms with Crippen LogP contribution in [0.4, 0.5) is 4.39 Å². The van der Waals surface area contributed by atoms with Crippen LogP contribution in [0.3, 0.4) is 0 Å². The van der Waals surface area contributed by atoms with Crippen molar-refractivity contribution in [2.24, 2.45) is 0 Å². The summed E-state index contributed by atoms with van der Waals surface area (Å²) in [5.74, 6) is -2.34. The number of carboxylic acids is 1. The lowest BCUT2D eigenvalue weighted by atomic mass is 10.2. The standard InChI is InChI=1S/C11H9FN2O4S2/c12-8-2-1-7(11(15)16)5-9(8)20(17,18)14-6-10-13-3-4-19-10/h1-5,14H,6H2,(H,15,16). The Balaban J connectivity index is 2.28. The Kier molecular flexibility index (Phi) is 4.12. The zero-order valence-corrected chi connectivity index (χ0v) is 11.5. The maximum Gasteiger partial charge on any atom is 0.335 e. The van der Waals surface area contributed by atoms with Crippen molar-refractivity contribution < 1.29 is 22.7 Å². The van der Waals surface area contributed by atoms with Crippen LogP contribution >= 0.6 is 11.3 Å². The molecule has 1 aromatic carbocycles. The number of carboxylic acid groups (broad SMARTS) is 1. The third kappa shape index (κ3) is 3.18. The second kappa shape index (κ2) is 5.65. The summed E-state index contributed by atoms with van der Waals surface area (Å²) in [6.07, 6.45) is 1.51. The van der Waals surface area contributed by atoms with Crippen molar-refractivity contribution in [3.63, 3.8) is 0 Å². The first-order chi connectivity index (χ1) is 9.40. The summed E-state index contributed by atoms with van der Waals surface area (Å²) >= 11 is 1.25. The third-order valence-corrected chi connectivity index (χ3v) is 4.56. The van der Waals surface area contributed by atoms with E-state index in [2.05, 4.69) is 9.71 Å². The molecule has 2 N–H and O–H groups in total. The molecule has 0 bridgehead atoms. The van der Waals surface area contributed by atoms with Gasteiger partial charge in [0.2, 0.25) is 10.0 Å². The molecule has 0 aliphatic rings. The number of thiazole rings is 1. The van der Waals surface area contributed by atoms with E-state index in [0.717, 1.165) is 18.2 Å². The van der Waals surface area contributed by atoms with Gasteiger partial charge in [-0.1, -0.05) is 0 Å². The van der Waals surface area contributed by atoms with Crippen LogP contribution in [0.5, 0.6) is 0 Å². The van der Waals surface area contributed by atoms with Gasteiger partial charge in [0.25, 0.3) is 0 Å². The third-order valence-electron chi connectivity index (χ3n) is 2.36. The molecule has 2 aromatic rings. The number of aromatic nitrogens is 1. The Morgan fingerprint density at radius 2 is 2.20 bits per heavy atom. The van der Waals surface area contributed by atoms with Gasteiger partial charge in [-0.2, -0.15) is 0 Å². The molecule has 0 fully saturated rings. The van der Waals surface area contributed by atoms with Gasteiger partial charge in [-0.05, 0) is 18.2 Å². The van der Waals surface area contributed by atoms with Crippen molar-refractivity contribution in [2.75, 3.05) is 0 Å². The van der Waals surface area contributed by atoms with Crippen molar-refractivity contribution in [3.8, 4) is 0 Å². The molecule has 106 valence electrons. The van der Waals surface area contributed by atoms with E-state index in [9.17, 15) is 17.6 Å². The second-order valence-corrected chi connectivity index (χ2v) is 6.42. The Morgan fingerprint density at radius 1 is 1.45 bits per heavy atom. The highest BCUT2D eigenvalue weighted by Gasteiger charge is 2.21. The van der Waals surface area contributed by atoms with Crippen molar-refractivity contribution >= 4 is 27.3 Å². The Bertz CT molecular complexity index is 729. The molecule has 0 aliphatic heterocycles. The first-order valence-electron chi connectivity index (χ1n) is 5.31. The number of hydrogen-bond donors (Lipinski definition) is 2. The summed E-state index contributed by atoms with van der Waals surface area (Å²) in [5.41, 5.74) is -0.305. The number of sulfonamides is 1. The second-order valence-electron chi connectivity index (χ2n) is 3.70. The maximum atomic E-state index is 13.6. The van der Waals surface area contributed by atoms with E-state index in [1.807, 2.05) is 0 Å². The van der Waals surface area contributed by atoms with Gasteiger partial charge in [0.1, 0.15) is 15.7 Å². The number of aromatic carboxylic acids is 1. The van der Waals surface area contributed by atoms with Gasteiger partial charge >= 0.3 is 5.97 Å².